The van der Waals surface area contributed by atoms with Crippen LogP contribution in [0.25, 0.3) is 82.5 Å². The van der Waals surface area contributed by atoms with E-state index in [9.17, 15) is 0 Å². The Bertz CT molecular complexity index is 4670. The molecule has 0 aliphatic heterocycles. The van der Waals surface area contributed by atoms with E-state index in [4.69, 9.17) is 0 Å². The molecule has 16 rings (SSSR count). The summed E-state index contributed by atoms with van der Waals surface area (Å²) < 4.78 is 7.62. The molecular formula is C82H63BN3Si2. The monoisotopic (exact) mass is 1160 g/mol. The zero-order chi connectivity index (χ0) is 58.4. The van der Waals surface area contributed by atoms with E-state index in [-0.39, 0.29) is 8.41 Å². The van der Waals surface area contributed by atoms with Crippen molar-refractivity contribution >= 4 is 131 Å². The molecule has 417 valence electrons. The van der Waals surface area contributed by atoms with Gasteiger partial charge in [-0.1, -0.05) is 253 Å². The molecule has 0 aliphatic rings. The second kappa shape index (κ2) is 21.6. The number of rotatable bonds is 11. The van der Waals surface area contributed by atoms with E-state index < -0.39 is 16.1 Å². The Morgan fingerprint density at radius 3 is 0.602 bits per heavy atom. The SMILES string of the molecule is Cc1ccc2c(c1)c1cc(C)ccc1n2-c1cc(-n2c3ccc(C)cc3c3cc(C)ccc32)cc(-n2c3ccc([Si](c4ccccc4)(c4ccccc4)c4ccccc4)cc3c3cc([Si](c4ccccc4)(c4ccccc4)c4ccccc4)ccc32)c1.[B]. The number of aromatic nitrogens is 3. The molecule has 3 aromatic heterocycles. The van der Waals surface area contributed by atoms with Crippen molar-refractivity contribution in [3.05, 3.63) is 332 Å². The Morgan fingerprint density at radius 1 is 0.193 bits per heavy atom. The Labute approximate surface area is 518 Å². The molecule has 0 N–H and O–H groups in total. The largest absolute Gasteiger partial charge is 0.309 e. The van der Waals surface area contributed by atoms with Crippen molar-refractivity contribution in [1.82, 2.24) is 13.7 Å². The van der Waals surface area contributed by atoms with E-state index in [0.29, 0.717) is 0 Å². The van der Waals surface area contributed by atoms with E-state index in [1.54, 1.807) is 0 Å². The smallest absolute Gasteiger partial charge is 0.179 e. The highest BCUT2D eigenvalue weighted by Gasteiger charge is 2.43. The Balaban J connectivity index is 0.00000650. The summed E-state index contributed by atoms with van der Waals surface area (Å²) in [5.74, 6) is 0. The van der Waals surface area contributed by atoms with Gasteiger partial charge in [-0.3, -0.25) is 0 Å². The summed E-state index contributed by atoms with van der Waals surface area (Å²) >= 11 is 0. The van der Waals surface area contributed by atoms with Gasteiger partial charge in [0.25, 0.3) is 0 Å². The van der Waals surface area contributed by atoms with Crippen LogP contribution in [0.1, 0.15) is 22.3 Å². The summed E-state index contributed by atoms with van der Waals surface area (Å²) in [4.78, 5) is 0. The molecule has 0 fully saturated rings. The highest BCUT2D eigenvalue weighted by atomic mass is 28.3. The van der Waals surface area contributed by atoms with Gasteiger partial charge in [0.2, 0.25) is 0 Å². The molecule has 0 spiro atoms. The summed E-state index contributed by atoms with van der Waals surface area (Å²) in [7, 11) is -6.00. The molecule has 3 heterocycles. The van der Waals surface area contributed by atoms with Crippen LogP contribution in [0.4, 0.5) is 0 Å². The fourth-order valence-electron chi connectivity index (χ4n) is 14.9. The number of fused-ring (bicyclic) bond motifs is 9. The number of aryl methyl sites for hydroxylation is 4. The molecule has 0 atom stereocenters. The van der Waals surface area contributed by atoms with Crippen molar-refractivity contribution in [3.8, 4) is 17.1 Å². The number of hydrogen-bond acceptors (Lipinski definition) is 0. The molecule has 88 heavy (non-hydrogen) atoms. The molecule has 0 unspecified atom stereocenters. The Hall–Kier alpha value is -10.2. The molecule has 0 saturated heterocycles. The van der Waals surface area contributed by atoms with Gasteiger partial charge in [0.05, 0.1) is 50.2 Å². The second-order valence-electron chi connectivity index (χ2n) is 24.0. The van der Waals surface area contributed by atoms with Crippen LogP contribution in [0.3, 0.4) is 0 Å². The standard InChI is InChI=1S/C82H63N3Si2.B/c1-56-35-41-77-71(47-56)72-48-57(2)36-42-78(72)83(77)60-51-61(84-79-43-37-58(3)49-73(79)74-50-59(4)38-44-80(74)84)53-62(52-60)85-81-45-39-69(86(63-23-11-5-12-24-63,64-25-13-6-14-26-64)65-27-15-7-16-28-65)54-75(81)76-55-70(40-46-82(76)85)87(66-29-17-8-18-30-66,67-31-19-9-20-32-67)68-33-21-10-22-34-68;/h5-55H,1-4H3;. The van der Waals surface area contributed by atoms with Crippen LogP contribution in [0.5, 0.6) is 0 Å². The van der Waals surface area contributed by atoms with E-state index in [1.165, 1.54) is 118 Å². The van der Waals surface area contributed by atoms with Crippen LogP contribution in [0.15, 0.2) is 309 Å². The van der Waals surface area contributed by atoms with Gasteiger partial charge in [-0.05, 0) is 148 Å². The fourth-order valence-corrected chi connectivity index (χ4v) is 24.5. The molecule has 6 heteroatoms. The first kappa shape index (κ1) is 54.4. The van der Waals surface area contributed by atoms with Gasteiger partial charge in [-0.2, -0.15) is 0 Å². The zero-order valence-electron chi connectivity index (χ0n) is 49.9. The average Bonchev–Trinajstić information content (AvgIpc) is 1.42. The Kier molecular flexibility index (Phi) is 13.4. The van der Waals surface area contributed by atoms with Crippen molar-refractivity contribution in [1.29, 1.82) is 0 Å². The third-order valence-corrected chi connectivity index (χ3v) is 28.2. The maximum absolute atomic E-state index is 3.00. The highest BCUT2D eigenvalue weighted by molar-refractivity contribution is 7.20. The minimum absolute atomic E-state index is 0. The lowest BCUT2D eigenvalue weighted by Crippen LogP contribution is -2.74. The lowest BCUT2D eigenvalue weighted by molar-refractivity contribution is 1.10. The topological polar surface area (TPSA) is 14.8 Å². The highest BCUT2D eigenvalue weighted by Crippen LogP contribution is 2.40. The molecule has 0 saturated carbocycles. The van der Waals surface area contributed by atoms with Crippen LogP contribution < -0.4 is 41.5 Å². The summed E-state index contributed by atoms with van der Waals surface area (Å²) in [6.45, 7) is 8.83. The van der Waals surface area contributed by atoms with Crippen LogP contribution in [0.2, 0.25) is 0 Å². The van der Waals surface area contributed by atoms with Gasteiger partial charge in [0.1, 0.15) is 0 Å². The van der Waals surface area contributed by atoms with Crippen molar-refractivity contribution in [2.45, 2.75) is 27.7 Å². The molecule has 13 aromatic carbocycles. The molecule has 16 aromatic rings. The number of hydrogen-bond donors (Lipinski definition) is 0. The van der Waals surface area contributed by atoms with Gasteiger partial charge in [-0.15, -0.1) is 0 Å². The van der Waals surface area contributed by atoms with E-state index in [1.807, 2.05) is 0 Å². The van der Waals surface area contributed by atoms with E-state index >= 15 is 0 Å². The molecular weight excluding hydrogens is 1090 g/mol. The maximum atomic E-state index is 2.61. The third kappa shape index (κ3) is 8.46. The van der Waals surface area contributed by atoms with Crippen molar-refractivity contribution in [2.24, 2.45) is 0 Å². The predicted molar refractivity (Wildman–Crippen MR) is 381 cm³/mol. The summed E-state index contributed by atoms with van der Waals surface area (Å²) in [6, 6.07) is 118. The van der Waals surface area contributed by atoms with Gasteiger partial charge in [-0.25, -0.2) is 0 Å². The zero-order valence-corrected chi connectivity index (χ0v) is 51.9. The summed E-state index contributed by atoms with van der Waals surface area (Å²) in [5.41, 5.74) is 15.3. The van der Waals surface area contributed by atoms with Crippen LogP contribution in [-0.4, -0.2) is 38.3 Å². The minimum Gasteiger partial charge on any atom is -0.309 e. The first-order valence-corrected chi connectivity index (χ1v) is 34.4. The lowest BCUT2D eigenvalue weighted by Gasteiger charge is -2.34. The maximum Gasteiger partial charge on any atom is 0.179 e. The van der Waals surface area contributed by atoms with Crippen LogP contribution in [-0.2, 0) is 0 Å². The van der Waals surface area contributed by atoms with Gasteiger partial charge in [0, 0.05) is 40.7 Å². The minimum atomic E-state index is -3.00. The predicted octanol–water partition coefficient (Wildman–Crippen LogP) is 14.6. The van der Waals surface area contributed by atoms with Gasteiger partial charge < -0.3 is 13.7 Å². The second-order valence-corrected chi connectivity index (χ2v) is 31.6. The Morgan fingerprint density at radius 2 is 0.386 bits per heavy atom. The van der Waals surface area contributed by atoms with Crippen LogP contribution in [0, 0.1) is 27.7 Å². The third-order valence-electron chi connectivity index (χ3n) is 18.7. The van der Waals surface area contributed by atoms with Crippen molar-refractivity contribution in [3.63, 3.8) is 0 Å². The number of benzene rings is 13. The van der Waals surface area contributed by atoms with E-state index in [0.717, 1.165) is 28.1 Å². The first-order valence-electron chi connectivity index (χ1n) is 30.4. The lowest BCUT2D eigenvalue weighted by atomic mass is 10.1. The normalized spacial score (nSPS) is 12.0. The fraction of sp³-hybridized carbons (Fsp3) is 0.0488. The molecule has 0 bridgehead atoms. The summed E-state index contributed by atoms with van der Waals surface area (Å²) in [6.07, 6.45) is 0. The molecule has 3 nitrogen and oxygen atoms in total. The van der Waals surface area contributed by atoms with Crippen LogP contribution >= 0.6 is 0 Å². The summed E-state index contributed by atoms with van der Waals surface area (Å²) in [5, 5.41) is 18.2. The molecule has 0 aliphatic carbocycles. The van der Waals surface area contributed by atoms with Crippen molar-refractivity contribution in [2.75, 3.05) is 0 Å². The van der Waals surface area contributed by atoms with Gasteiger partial charge >= 0.3 is 0 Å². The number of nitrogens with zero attached hydrogens (tertiary/aromatic N) is 3. The molecule has 3 radical (unpaired) electrons. The van der Waals surface area contributed by atoms with Crippen molar-refractivity contribution < 1.29 is 0 Å². The quantitative estimate of drug-likeness (QED) is 0.0906. The van der Waals surface area contributed by atoms with Gasteiger partial charge in [0.15, 0.2) is 16.1 Å². The molecule has 0 amide bonds. The average molecular weight is 1160 g/mol. The first-order chi connectivity index (χ1) is 42.8. The van der Waals surface area contributed by atoms with E-state index in [2.05, 4.69) is 351 Å².